The van der Waals surface area contributed by atoms with Crippen LogP contribution in [0.15, 0.2) is 47.5 Å². The summed E-state index contributed by atoms with van der Waals surface area (Å²) < 4.78 is 41.8. The standard InChI is InChI=1S/C36H56ClN2O6PSi/c1-11-14-15-16-17-18-19-20-29-21-22-31(39(29)46(41,43-12-2)44-13-3)35(40)36-33(42-10)25-32(45-36)34-30(37)23-24-38(34)47(26(4)5,27(6)7)28(8)9/h11,21-28H,1,12-20H2,2-10H3. The van der Waals surface area contributed by atoms with Crippen molar-refractivity contribution in [2.75, 3.05) is 20.3 Å². The highest BCUT2D eigenvalue weighted by atomic mass is 35.5. The fourth-order valence-corrected chi connectivity index (χ4v) is 16.2. The Morgan fingerprint density at radius 3 is 2.13 bits per heavy atom. The first-order chi connectivity index (χ1) is 22.3. The molecule has 0 aromatic carbocycles. The molecule has 3 aromatic rings. The van der Waals surface area contributed by atoms with E-state index in [0.717, 1.165) is 44.2 Å². The third-order valence-corrected chi connectivity index (χ3v) is 18.4. The lowest BCUT2D eigenvalue weighted by Crippen LogP contribution is -2.52. The molecule has 0 aliphatic carbocycles. The molecule has 8 nitrogen and oxygen atoms in total. The number of aromatic nitrogens is 2. The molecule has 3 aromatic heterocycles. The Morgan fingerprint density at radius 2 is 1.57 bits per heavy atom. The van der Waals surface area contributed by atoms with Crippen molar-refractivity contribution < 1.29 is 27.6 Å². The van der Waals surface area contributed by atoms with Crippen molar-refractivity contribution in [3.05, 3.63) is 65.3 Å². The monoisotopic (exact) mass is 706 g/mol. The van der Waals surface area contributed by atoms with Crippen LogP contribution in [0.25, 0.3) is 11.5 Å². The highest BCUT2D eigenvalue weighted by Crippen LogP contribution is 2.53. The first-order valence-electron chi connectivity index (χ1n) is 17.2. The molecule has 0 N–H and O–H groups in total. The average molecular weight is 707 g/mol. The van der Waals surface area contributed by atoms with E-state index in [0.29, 0.717) is 39.5 Å². The van der Waals surface area contributed by atoms with Gasteiger partial charge in [-0.25, -0.2) is 8.90 Å². The molecule has 0 bridgehead atoms. The predicted molar refractivity (Wildman–Crippen MR) is 196 cm³/mol. The topological polar surface area (TPSA) is 84.8 Å². The van der Waals surface area contributed by atoms with Crippen molar-refractivity contribution in [2.24, 2.45) is 0 Å². The minimum absolute atomic E-state index is 0.00453. The SMILES string of the molecule is C=CCCCCCCCc1ccc(C(=O)c2oc(-c3c(Cl)ccn3[Si](C(C)C)(C(C)C)C(C)C)cc2OC)n1P(=O)(OCC)OCC. The van der Waals surface area contributed by atoms with Crippen LogP contribution in [-0.4, -0.2) is 42.9 Å². The fourth-order valence-electron chi connectivity index (χ4n) is 7.44. The van der Waals surface area contributed by atoms with Gasteiger partial charge in [-0.3, -0.25) is 13.8 Å². The number of carbonyl (C=O) groups excluding carboxylic acids is 1. The third kappa shape index (κ3) is 8.13. The van der Waals surface area contributed by atoms with Gasteiger partial charge in [0.1, 0.15) is 5.69 Å². The average Bonchev–Trinajstić information content (AvgIpc) is 3.73. The largest absolute Gasteiger partial charge is 0.493 e. The van der Waals surface area contributed by atoms with Crippen LogP contribution in [0.3, 0.4) is 0 Å². The van der Waals surface area contributed by atoms with E-state index in [1.807, 2.05) is 18.2 Å². The minimum atomic E-state index is -3.90. The lowest BCUT2D eigenvalue weighted by atomic mass is 10.1. The number of unbranched alkanes of at least 4 members (excludes halogenated alkanes) is 5. The Bertz CT molecular complexity index is 1490. The summed E-state index contributed by atoms with van der Waals surface area (Å²) in [5.41, 5.74) is 2.83. The maximum atomic E-state index is 14.4. The molecule has 11 heteroatoms. The third-order valence-electron chi connectivity index (χ3n) is 9.22. The highest BCUT2D eigenvalue weighted by molar-refractivity contribution is 7.52. The summed E-state index contributed by atoms with van der Waals surface area (Å²) in [7, 11) is -4.62. The fraction of sp³-hybridized carbons (Fsp3) is 0.583. The number of carbonyl (C=O) groups is 1. The number of ketones is 1. The van der Waals surface area contributed by atoms with Gasteiger partial charge in [-0.15, -0.1) is 6.58 Å². The van der Waals surface area contributed by atoms with Gasteiger partial charge in [0.25, 0.3) is 0 Å². The van der Waals surface area contributed by atoms with E-state index in [1.54, 1.807) is 26.0 Å². The zero-order valence-electron chi connectivity index (χ0n) is 29.9. The summed E-state index contributed by atoms with van der Waals surface area (Å²) in [5.74, 6) is 0.255. The normalized spacial score (nSPS) is 12.5. The van der Waals surface area contributed by atoms with Crippen LogP contribution in [0.2, 0.25) is 21.6 Å². The Morgan fingerprint density at radius 1 is 0.979 bits per heavy atom. The van der Waals surface area contributed by atoms with Crippen LogP contribution >= 0.6 is 19.3 Å². The number of aryl methyl sites for hydroxylation is 1. The minimum Gasteiger partial charge on any atom is -0.493 e. The van der Waals surface area contributed by atoms with Gasteiger partial charge >= 0.3 is 7.75 Å². The van der Waals surface area contributed by atoms with Crippen LogP contribution in [0.4, 0.5) is 0 Å². The highest BCUT2D eigenvalue weighted by Gasteiger charge is 2.47. The first kappa shape index (κ1) is 39.1. The van der Waals surface area contributed by atoms with Crippen LogP contribution in [0.5, 0.6) is 5.75 Å². The van der Waals surface area contributed by atoms with Crippen molar-refractivity contribution in [3.63, 3.8) is 0 Å². The smallest absolute Gasteiger partial charge is 0.439 e. The zero-order chi connectivity index (χ0) is 34.9. The van der Waals surface area contributed by atoms with Crippen molar-refractivity contribution >= 4 is 33.4 Å². The summed E-state index contributed by atoms with van der Waals surface area (Å²) in [6.07, 6.45) is 10.9. The van der Waals surface area contributed by atoms with Gasteiger partial charge in [-0.1, -0.05) is 78.5 Å². The van der Waals surface area contributed by atoms with Gasteiger partial charge in [0, 0.05) is 11.8 Å². The molecular weight excluding hydrogens is 651 g/mol. The molecule has 3 heterocycles. The molecule has 0 aliphatic rings. The van der Waals surface area contributed by atoms with Crippen molar-refractivity contribution in [1.82, 2.24) is 8.57 Å². The number of allylic oxidation sites excluding steroid dienone is 1. The van der Waals surface area contributed by atoms with Gasteiger partial charge in [-0.2, -0.15) is 0 Å². The molecule has 0 aliphatic heterocycles. The van der Waals surface area contributed by atoms with E-state index in [4.69, 9.17) is 29.8 Å². The lowest BCUT2D eigenvalue weighted by Gasteiger charge is -2.45. The first-order valence-corrected chi connectivity index (χ1v) is 21.2. The second-order valence-electron chi connectivity index (χ2n) is 13.0. The summed E-state index contributed by atoms with van der Waals surface area (Å²) in [4.78, 5) is 14.4. The molecule has 47 heavy (non-hydrogen) atoms. The number of methoxy groups -OCH3 is 1. The molecular formula is C36H56ClN2O6PSi. The molecule has 0 unspecified atom stereocenters. The van der Waals surface area contributed by atoms with Crippen LogP contribution in [0.1, 0.15) is 116 Å². The number of ether oxygens (including phenoxy) is 1. The quantitative estimate of drug-likeness (QED) is 0.0360. The Balaban J connectivity index is 2.12. The molecule has 0 atom stereocenters. The van der Waals surface area contributed by atoms with Crippen LogP contribution in [0, 0.1) is 0 Å². The molecule has 0 fully saturated rings. The summed E-state index contributed by atoms with van der Waals surface area (Å²) in [6.45, 7) is 21.3. The number of furan rings is 1. The second kappa shape index (κ2) is 17.4. The van der Waals surface area contributed by atoms with E-state index in [9.17, 15) is 9.36 Å². The van der Waals surface area contributed by atoms with E-state index in [-0.39, 0.29) is 30.4 Å². The molecule has 0 spiro atoms. The molecule has 0 radical (unpaired) electrons. The molecule has 262 valence electrons. The number of hydrogen-bond donors (Lipinski definition) is 0. The Hall–Kier alpha value is -2.29. The van der Waals surface area contributed by atoms with Gasteiger partial charge in [0.05, 0.1) is 31.0 Å². The number of halogens is 1. The van der Waals surface area contributed by atoms with Gasteiger partial charge in [-0.05, 0) is 80.6 Å². The predicted octanol–water partition coefficient (Wildman–Crippen LogP) is 11.6. The maximum absolute atomic E-state index is 14.4. The van der Waals surface area contributed by atoms with E-state index >= 15 is 0 Å². The van der Waals surface area contributed by atoms with Crippen LogP contribution in [-0.2, 0) is 20.0 Å². The molecule has 0 amide bonds. The second-order valence-corrected chi connectivity index (χ2v) is 21.0. The van der Waals surface area contributed by atoms with Gasteiger partial charge in [0.2, 0.25) is 11.5 Å². The maximum Gasteiger partial charge on any atom is 0.439 e. The molecule has 3 rings (SSSR count). The number of hydrogen-bond acceptors (Lipinski definition) is 6. The Labute approximate surface area is 288 Å². The van der Waals surface area contributed by atoms with Crippen molar-refractivity contribution in [1.29, 1.82) is 0 Å². The Kier molecular flexibility index (Phi) is 14.5. The number of rotatable bonds is 21. The van der Waals surface area contributed by atoms with E-state index < -0.39 is 21.8 Å². The van der Waals surface area contributed by atoms with E-state index in [1.165, 1.54) is 11.4 Å². The number of nitrogens with zero attached hydrogens (tertiary/aromatic N) is 2. The van der Waals surface area contributed by atoms with Crippen molar-refractivity contribution in [2.45, 2.75) is 117 Å². The zero-order valence-corrected chi connectivity index (χ0v) is 32.6. The lowest BCUT2D eigenvalue weighted by molar-refractivity contribution is 0.0996. The van der Waals surface area contributed by atoms with Crippen molar-refractivity contribution in [3.8, 4) is 17.2 Å². The summed E-state index contributed by atoms with van der Waals surface area (Å²) in [6, 6.07) is 7.15. The molecule has 0 saturated heterocycles. The summed E-state index contributed by atoms with van der Waals surface area (Å²) >= 11 is 6.89. The molecule has 0 saturated carbocycles. The van der Waals surface area contributed by atoms with Gasteiger partial charge < -0.3 is 13.4 Å². The van der Waals surface area contributed by atoms with Crippen LogP contribution < -0.4 is 4.74 Å². The van der Waals surface area contributed by atoms with E-state index in [2.05, 4.69) is 58.6 Å². The summed E-state index contributed by atoms with van der Waals surface area (Å²) in [5, 5.41) is 0.548. The van der Waals surface area contributed by atoms with Gasteiger partial charge in [0.15, 0.2) is 19.7 Å².